The molecule has 114 valence electrons. The maximum absolute atomic E-state index is 9.60. The fourth-order valence-corrected chi connectivity index (χ4v) is 2.59. The summed E-state index contributed by atoms with van der Waals surface area (Å²) in [6, 6.07) is 0. The maximum Gasteiger partial charge on any atom is 0.0611 e. The molecule has 0 spiro atoms. The van der Waals surface area contributed by atoms with E-state index in [1.54, 1.807) is 0 Å². The van der Waals surface area contributed by atoms with Gasteiger partial charge in [0.2, 0.25) is 0 Å². The van der Waals surface area contributed by atoms with Crippen LogP contribution in [0.1, 0.15) is 40.5 Å². The molecule has 19 heavy (non-hydrogen) atoms. The largest absolute Gasteiger partial charge is 0.394 e. The molecular formula is C15H33N3O. The minimum atomic E-state index is -0.135. The van der Waals surface area contributed by atoms with Crippen LogP contribution in [0.4, 0.5) is 0 Å². The summed E-state index contributed by atoms with van der Waals surface area (Å²) in [5.41, 5.74) is 0.119. The molecule has 4 nitrogen and oxygen atoms in total. The molecule has 1 aliphatic heterocycles. The SMILES string of the molecule is CCCNC(C)(CO)CCN1CCN(C)C(C)(C)C1. The molecule has 0 radical (unpaired) electrons. The molecule has 1 aliphatic rings. The highest BCUT2D eigenvalue weighted by Gasteiger charge is 2.32. The highest BCUT2D eigenvalue weighted by Crippen LogP contribution is 2.20. The second kappa shape index (κ2) is 7.02. The summed E-state index contributed by atoms with van der Waals surface area (Å²) in [5.74, 6) is 0. The van der Waals surface area contributed by atoms with E-state index in [1.807, 2.05) is 0 Å². The van der Waals surface area contributed by atoms with Crippen molar-refractivity contribution in [2.45, 2.75) is 51.6 Å². The summed E-state index contributed by atoms with van der Waals surface area (Å²) in [6.07, 6.45) is 2.11. The predicted octanol–water partition coefficient (Wildman–Crippen LogP) is 1.15. The molecule has 0 aromatic rings. The fourth-order valence-electron chi connectivity index (χ4n) is 2.59. The van der Waals surface area contributed by atoms with Crippen LogP contribution in [0.3, 0.4) is 0 Å². The molecule has 1 heterocycles. The molecule has 2 N–H and O–H groups in total. The van der Waals surface area contributed by atoms with Crippen LogP contribution in [0.15, 0.2) is 0 Å². The zero-order valence-electron chi connectivity index (χ0n) is 13.5. The molecule has 0 saturated carbocycles. The molecule has 1 saturated heterocycles. The Morgan fingerprint density at radius 1 is 1.32 bits per heavy atom. The van der Waals surface area contributed by atoms with E-state index in [0.29, 0.717) is 0 Å². The van der Waals surface area contributed by atoms with Crippen molar-refractivity contribution in [3.05, 3.63) is 0 Å². The van der Waals surface area contributed by atoms with E-state index in [2.05, 4.69) is 49.9 Å². The third-order valence-corrected chi connectivity index (χ3v) is 4.53. The minimum Gasteiger partial charge on any atom is -0.394 e. The van der Waals surface area contributed by atoms with E-state index in [4.69, 9.17) is 0 Å². The van der Waals surface area contributed by atoms with Gasteiger partial charge >= 0.3 is 0 Å². The average molecular weight is 271 g/mol. The Hall–Kier alpha value is -0.160. The van der Waals surface area contributed by atoms with E-state index >= 15 is 0 Å². The first-order valence-corrected chi connectivity index (χ1v) is 7.62. The van der Waals surface area contributed by atoms with Crippen LogP contribution in [0.2, 0.25) is 0 Å². The zero-order valence-corrected chi connectivity index (χ0v) is 13.5. The van der Waals surface area contributed by atoms with Crippen LogP contribution < -0.4 is 5.32 Å². The second-order valence-corrected chi connectivity index (χ2v) is 6.91. The molecular weight excluding hydrogens is 238 g/mol. The first-order chi connectivity index (χ1) is 8.83. The van der Waals surface area contributed by atoms with Gasteiger partial charge in [-0.05, 0) is 47.2 Å². The van der Waals surface area contributed by atoms with E-state index < -0.39 is 0 Å². The highest BCUT2D eigenvalue weighted by molar-refractivity contribution is 4.90. The Bertz CT molecular complexity index is 270. The lowest BCUT2D eigenvalue weighted by atomic mass is 9.96. The molecule has 1 rings (SSSR count). The van der Waals surface area contributed by atoms with Crippen molar-refractivity contribution in [2.75, 3.05) is 46.4 Å². The molecule has 0 aromatic carbocycles. The van der Waals surface area contributed by atoms with Gasteiger partial charge < -0.3 is 15.3 Å². The van der Waals surface area contributed by atoms with E-state index in [0.717, 1.165) is 45.6 Å². The number of hydrogen-bond donors (Lipinski definition) is 2. The number of aliphatic hydroxyl groups is 1. The molecule has 0 bridgehead atoms. The van der Waals surface area contributed by atoms with Gasteiger partial charge in [0.15, 0.2) is 0 Å². The van der Waals surface area contributed by atoms with Crippen LogP contribution in [0, 0.1) is 0 Å². The summed E-state index contributed by atoms with van der Waals surface area (Å²) in [6.45, 7) is 14.5. The van der Waals surface area contributed by atoms with Crippen molar-refractivity contribution in [3.8, 4) is 0 Å². The van der Waals surface area contributed by atoms with Crippen LogP contribution in [-0.4, -0.2) is 72.4 Å². The van der Waals surface area contributed by atoms with Crippen molar-refractivity contribution in [2.24, 2.45) is 0 Å². The van der Waals surface area contributed by atoms with Crippen molar-refractivity contribution >= 4 is 0 Å². The normalized spacial score (nSPS) is 24.3. The van der Waals surface area contributed by atoms with Gasteiger partial charge in [0, 0.05) is 37.3 Å². The zero-order chi connectivity index (χ0) is 14.5. The van der Waals surface area contributed by atoms with Crippen LogP contribution in [0.5, 0.6) is 0 Å². The van der Waals surface area contributed by atoms with E-state index in [9.17, 15) is 5.11 Å². The summed E-state index contributed by atoms with van der Waals surface area (Å²) in [7, 11) is 2.21. The summed E-state index contributed by atoms with van der Waals surface area (Å²) in [5, 5.41) is 13.1. The predicted molar refractivity (Wildman–Crippen MR) is 81.6 cm³/mol. The summed E-state index contributed by atoms with van der Waals surface area (Å²) < 4.78 is 0. The Kier molecular flexibility index (Phi) is 6.24. The van der Waals surface area contributed by atoms with Crippen molar-refractivity contribution in [3.63, 3.8) is 0 Å². The third kappa shape index (κ3) is 5.03. The number of rotatable bonds is 7. The summed E-state index contributed by atoms with van der Waals surface area (Å²) >= 11 is 0. The lowest BCUT2D eigenvalue weighted by Gasteiger charge is -2.46. The highest BCUT2D eigenvalue weighted by atomic mass is 16.3. The van der Waals surface area contributed by atoms with Crippen molar-refractivity contribution < 1.29 is 5.11 Å². The van der Waals surface area contributed by atoms with Gasteiger partial charge in [0.05, 0.1) is 6.61 Å². The van der Waals surface area contributed by atoms with Gasteiger partial charge in [0.1, 0.15) is 0 Å². The molecule has 0 aliphatic carbocycles. The minimum absolute atomic E-state index is 0.135. The standard InChI is InChI=1S/C15H33N3O/c1-6-8-16-15(4,13-19)7-9-18-11-10-17(5)14(2,3)12-18/h16,19H,6-13H2,1-5H3. The molecule has 0 aromatic heterocycles. The van der Waals surface area contributed by atoms with Crippen molar-refractivity contribution in [1.29, 1.82) is 0 Å². The van der Waals surface area contributed by atoms with Crippen LogP contribution >= 0.6 is 0 Å². The number of nitrogens with one attached hydrogen (secondary N) is 1. The number of aliphatic hydroxyl groups excluding tert-OH is 1. The number of nitrogens with zero attached hydrogens (tertiary/aromatic N) is 2. The smallest absolute Gasteiger partial charge is 0.0611 e. The quantitative estimate of drug-likeness (QED) is 0.729. The fraction of sp³-hybridized carbons (Fsp3) is 1.00. The second-order valence-electron chi connectivity index (χ2n) is 6.91. The monoisotopic (exact) mass is 271 g/mol. The lowest BCUT2D eigenvalue weighted by molar-refractivity contribution is 0.0326. The van der Waals surface area contributed by atoms with E-state index in [1.165, 1.54) is 0 Å². The van der Waals surface area contributed by atoms with Crippen LogP contribution in [-0.2, 0) is 0 Å². The van der Waals surface area contributed by atoms with Gasteiger partial charge in [-0.3, -0.25) is 4.90 Å². The molecule has 1 atom stereocenters. The van der Waals surface area contributed by atoms with E-state index in [-0.39, 0.29) is 17.7 Å². The average Bonchev–Trinajstić information content (AvgIpc) is 2.37. The molecule has 1 unspecified atom stereocenters. The number of piperazine rings is 1. The third-order valence-electron chi connectivity index (χ3n) is 4.53. The molecule has 1 fully saturated rings. The first-order valence-electron chi connectivity index (χ1n) is 7.62. The van der Waals surface area contributed by atoms with Gasteiger partial charge in [-0.2, -0.15) is 0 Å². The van der Waals surface area contributed by atoms with Gasteiger partial charge in [-0.1, -0.05) is 6.92 Å². The summed E-state index contributed by atoms with van der Waals surface area (Å²) in [4.78, 5) is 4.96. The Morgan fingerprint density at radius 3 is 2.53 bits per heavy atom. The lowest BCUT2D eigenvalue weighted by Crippen LogP contribution is -2.58. The van der Waals surface area contributed by atoms with Gasteiger partial charge in [-0.15, -0.1) is 0 Å². The van der Waals surface area contributed by atoms with Gasteiger partial charge in [0.25, 0.3) is 0 Å². The topological polar surface area (TPSA) is 38.7 Å². The Balaban J connectivity index is 2.43. The van der Waals surface area contributed by atoms with Crippen LogP contribution in [0.25, 0.3) is 0 Å². The molecule has 0 amide bonds. The first kappa shape index (κ1) is 16.9. The molecule has 4 heteroatoms. The van der Waals surface area contributed by atoms with Gasteiger partial charge in [-0.25, -0.2) is 0 Å². The maximum atomic E-state index is 9.60. The number of likely N-dealkylation sites (N-methyl/N-ethyl adjacent to an activating group) is 1. The Labute approximate surface area is 119 Å². The Morgan fingerprint density at radius 2 is 2.00 bits per heavy atom. The van der Waals surface area contributed by atoms with Crippen molar-refractivity contribution in [1.82, 2.24) is 15.1 Å². The number of hydrogen-bond acceptors (Lipinski definition) is 4.